The van der Waals surface area contributed by atoms with Gasteiger partial charge in [0.2, 0.25) is 0 Å². The lowest BCUT2D eigenvalue weighted by Gasteiger charge is -2.24. The molecule has 1 N–H and O–H groups in total. The van der Waals surface area contributed by atoms with Crippen LogP contribution in [-0.4, -0.2) is 31.1 Å². The summed E-state index contributed by atoms with van der Waals surface area (Å²) in [5, 5.41) is 9.78. The Labute approximate surface area is 81.1 Å². The Morgan fingerprint density at radius 3 is 2.15 bits per heavy atom. The molecule has 4 heteroatoms. The van der Waals surface area contributed by atoms with Crippen molar-refractivity contribution in [2.75, 3.05) is 12.0 Å². The second-order valence-electron chi connectivity index (χ2n) is 4.47. The van der Waals surface area contributed by atoms with Crippen LogP contribution in [-0.2, 0) is 9.84 Å². The molecule has 80 valence electrons. The third-order valence-electron chi connectivity index (χ3n) is 1.86. The highest BCUT2D eigenvalue weighted by atomic mass is 32.2. The number of aliphatic hydroxyl groups is 1. The van der Waals surface area contributed by atoms with Crippen molar-refractivity contribution >= 4 is 9.84 Å². The van der Waals surface area contributed by atoms with Crippen molar-refractivity contribution in [1.29, 1.82) is 0 Å². The van der Waals surface area contributed by atoms with Crippen LogP contribution in [0.25, 0.3) is 0 Å². The molecule has 0 bridgehead atoms. The Balaban J connectivity index is 4.04. The van der Waals surface area contributed by atoms with Crippen LogP contribution in [0.1, 0.15) is 33.6 Å². The maximum absolute atomic E-state index is 10.9. The van der Waals surface area contributed by atoms with Crippen LogP contribution in [0.2, 0.25) is 0 Å². The monoisotopic (exact) mass is 208 g/mol. The minimum absolute atomic E-state index is 0.0622. The van der Waals surface area contributed by atoms with Gasteiger partial charge in [-0.15, -0.1) is 0 Å². The van der Waals surface area contributed by atoms with Crippen LogP contribution < -0.4 is 0 Å². The lowest BCUT2D eigenvalue weighted by molar-refractivity contribution is 0.0354. The van der Waals surface area contributed by atoms with Crippen LogP contribution in [0.5, 0.6) is 0 Å². The fourth-order valence-corrected chi connectivity index (χ4v) is 2.20. The summed E-state index contributed by atoms with van der Waals surface area (Å²) in [6.07, 6.45) is 2.16. The first kappa shape index (κ1) is 12.9. The van der Waals surface area contributed by atoms with Gasteiger partial charge in [0.25, 0.3) is 0 Å². The highest BCUT2D eigenvalue weighted by molar-refractivity contribution is 7.90. The van der Waals surface area contributed by atoms with Gasteiger partial charge in [0.05, 0.1) is 11.4 Å². The van der Waals surface area contributed by atoms with E-state index in [1.54, 1.807) is 6.92 Å². The van der Waals surface area contributed by atoms with Gasteiger partial charge in [0.1, 0.15) is 9.84 Å². The molecule has 0 aromatic rings. The summed E-state index contributed by atoms with van der Waals surface area (Å²) in [6, 6.07) is 0. The van der Waals surface area contributed by atoms with Crippen LogP contribution in [0, 0.1) is 5.92 Å². The van der Waals surface area contributed by atoms with Crippen molar-refractivity contribution in [3.05, 3.63) is 0 Å². The molecule has 0 aliphatic heterocycles. The average Bonchev–Trinajstić information content (AvgIpc) is 1.79. The van der Waals surface area contributed by atoms with E-state index in [2.05, 4.69) is 0 Å². The van der Waals surface area contributed by atoms with Crippen LogP contribution in [0.15, 0.2) is 0 Å². The zero-order chi connectivity index (χ0) is 10.7. The maximum atomic E-state index is 10.9. The number of hydrogen-bond acceptors (Lipinski definition) is 3. The van der Waals surface area contributed by atoms with E-state index in [1.807, 2.05) is 13.8 Å². The fourth-order valence-electron chi connectivity index (χ4n) is 1.39. The summed E-state index contributed by atoms with van der Waals surface area (Å²) in [5.41, 5.74) is -0.850. The minimum atomic E-state index is -2.95. The van der Waals surface area contributed by atoms with E-state index in [1.165, 1.54) is 6.26 Å². The zero-order valence-corrected chi connectivity index (χ0v) is 9.69. The predicted octanol–water partition coefficient (Wildman–Crippen LogP) is 1.22. The van der Waals surface area contributed by atoms with Gasteiger partial charge in [-0.2, -0.15) is 0 Å². The predicted molar refractivity (Wildman–Crippen MR) is 54.4 cm³/mol. The largest absolute Gasteiger partial charge is 0.390 e. The van der Waals surface area contributed by atoms with Crippen molar-refractivity contribution in [1.82, 2.24) is 0 Å². The summed E-state index contributed by atoms with van der Waals surface area (Å²) in [5.74, 6) is 0.446. The van der Waals surface area contributed by atoms with Crippen molar-refractivity contribution in [3.8, 4) is 0 Å². The fraction of sp³-hybridized carbons (Fsp3) is 1.00. The van der Waals surface area contributed by atoms with Gasteiger partial charge in [-0.05, 0) is 25.7 Å². The van der Waals surface area contributed by atoms with Crippen molar-refractivity contribution in [2.24, 2.45) is 5.92 Å². The average molecular weight is 208 g/mol. The van der Waals surface area contributed by atoms with E-state index in [0.29, 0.717) is 18.8 Å². The normalized spacial score (nSPS) is 17.4. The molecular formula is C9H20O3S. The van der Waals surface area contributed by atoms with E-state index < -0.39 is 15.4 Å². The van der Waals surface area contributed by atoms with Gasteiger partial charge in [-0.1, -0.05) is 13.8 Å². The Bertz CT molecular complexity index is 240. The molecule has 0 amide bonds. The first-order valence-electron chi connectivity index (χ1n) is 4.52. The van der Waals surface area contributed by atoms with E-state index in [-0.39, 0.29) is 5.75 Å². The second kappa shape index (κ2) is 4.42. The molecule has 0 saturated carbocycles. The maximum Gasteiger partial charge on any atom is 0.147 e. The van der Waals surface area contributed by atoms with Gasteiger partial charge in [0.15, 0.2) is 0 Å². The molecule has 0 radical (unpaired) electrons. The van der Waals surface area contributed by atoms with Crippen molar-refractivity contribution < 1.29 is 13.5 Å². The van der Waals surface area contributed by atoms with Gasteiger partial charge >= 0.3 is 0 Å². The molecule has 0 aliphatic rings. The molecule has 0 spiro atoms. The van der Waals surface area contributed by atoms with E-state index in [9.17, 15) is 13.5 Å². The van der Waals surface area contributed by atoms with Crippen molar-refractivity contribution in [3.63, 3.8) is 0 Å². The first-order chi connectivity index (χ1) is 5.62. The quantitative estimate of drug-likeness (QED) is 0.739. The first-order valence-corrected chi connectivity index (χ1v) is 6.58. The zero-order valence-electron chi connectivity index (χ0n) is 8.87. The van der Waals surface area contributed by atoms with E-state index >= 15 is 0 Å². The van der Waals surface area contributed by atoms with Gasteiger partial charge in [-0.25, -0.2) is 8.42 Å². The molecule has 3 nitrogen and oxygen atoms in total. The molecule has 0 aromatic carbocycles. The highest BCUT2D eigenvalue weighted by Gasteiger charge is 2.23. The molecular weight excluding hydrogens is 188 g/mol. The van der Waals surface area contributed by atoms with Crippen LogP contribution in [0.4, 0.5) is 0 Å². The number of rotatable bonds is 5. The lowest BCUT2D eigenvalue weighted by Crippen LogP contribution is -2.29. The van der Waals surface area contributed by atoms with Crippen molar-refractivity contribution in [2.45, 2.75) is 39.2 Å². The summed E-state index contributed by atoms with van der Waals surface area (Å²) in [6.45, 7) is 5.71. The molecule has 0 saturated heterocycles. The number of hydrogen-bond donors (Lipinski definition) is 1. The SMILES string of the molecule is CC(C)CC(C)(O)CCS(C)(=O)=O. The minimum Gasteiger partial charge on any atom is -0.390 e. The molecule has 1 atom stereocenters. The summed E-state index contributed by atoms with van der Waals surface area (Å²) >= 11 is 0. The molecule has 0 aliphatic carbocycles. The third kappa shape index (κ3) is 8.25. The third-order valence-corrected chi connectivity index (χ3v) is 2.81. The van der Waals surface area contributed by atoms with E-state index in [4.69, 9.17) is 0 Å². The Kier molecular flexibility index (Phi) is 4.39. The molecule has 0 fully saturated rings. The lowest BCUT2D eigenvalue weighted by atomic mass is 9.92. The van der Waals surface area contributed by atoms with Gasteiger partial charge < -0.3 is 5.11 Å². The summed E-state index contributed by atoms with van der Waals surface area (Å²) in [7, 11) is -2.95. The number of sulfone groups is 1. The molecule has 1 unspecified atom stereocenters. The standard InChI is InChI=1S/C9H20O3S/c1-8(2)7-9(3,10)5-6-13(4,11)12/h8,10H,5-7H2,1-4H3. The molecule has 0 aromatic heterocycles. The van der Waals surface area contributed by atoms with Crippen LogP contribution >= 0.6 is 0 Å². The Morgan fingerprint density at radius 1 is 1.38 bits per heavy atom. The Morgan fingerprint density at radius 2 is 1.85 bits per heavy atom. The van der Waals surface area contributed by atoms with E-state index in [0.717, 1.165) is 0 Å². The smallest absolute Gasteiger partial charge is 0.147 e. The highest BCUT2D eigenvalue weighted by Crippen LogP contribution is 2.20. The van der Waals surface area contributed by atoms with Gasteiger partial charge in [-0.3, -0.25) is 0 Å². The molecule has 0 rings (SSSR count). The summed E-state index contributed by atoms with van der Waals surface area (Å²) in [4.78, 5) is 0. The molecule has 0 heterocycles. The second-order valence-corrected chi connectivity index (χ2v) is 6.73. The molecule has 13 heavy (non-hydrogen) atoms. The Hall–Kier alpha value is -0.0900. The topological polar surface area (TPSA) is 54.4 Å². The summed E-state index contributed by atoms with van der Waals surface area (Å²) < 4.78 is 21.7. The van der Waals surface area contributed by atoms with Crippen LogP contribution in [0.3, 0.4) is 0 Å². The van der Waals surface area contributed by atoms with Gasteiger partial charge in [0, 0.05) is 6.26 Å².